The first-order chi connectivity index (χ1) is 15.7. The third-order valence-electron chi connectivity index (χ3n) is 4.99. The summed E-state index contributed by atoms with van der Waals surface area (Å²) in [4.78, 5) is 24.2. The van der Waals surface area contributed by atoms with Crippen molar-refractivity contribution in [1.29, 1.82) is 0 Å². The molecule has 2 aromatic heterocycles. The second-order valence-corrected chi connectivity index (χ2v) is 7.24. The number of halogens is 4. The Morgan fingerprint density at radius 1 is 1.15 bits per heavy atom. The molecule has 0 spiro atoms. The third-order valence-corrected chi connectivity index (χ3v) is 4.99. The predicted octanol–water partition coefficient (Wildman–Crippen LogP) is 3.71. The summed E-state index contributed by atoms with van der Waals surface area (Å²) in [7, 11) is 1.06. The number of fused-ring (bicyclic) bond motifs is 1. The van der Waals surface area contributed by atoms with Crippen molar-refractivity contribution >= 4 is 17.4 Å². The van der Waals surface area contributed by atoms with Crippen LogP contribution < -0.4 is 15.8 Å². The molecule has 4 rings (SSSR count). The van der Waals surface area contributed by atoms with Crippen LogP contribution in [0.3, 0.4) is 0 Å². The number of hydrogen-bond donors (Lipinski definition) is 2. The van der Waals surface area contributed by atoms with Gasteiger partial charge in [0, 0.05) is 22.9 Å². The van der Waals surface area contributed by atoms with Crippen LogP contribution in [0.25, 0.3) is 11.1 Å². The molecule has 0 radical (unpaired) electrons. The Labute approximate surface area is 185 Å². The first-order valence-electron chi connectivity index (χ1n) is 9.65. The van der Waals surface area contributed by atoms with Crippen molar-refractivity contribution in [2.75, 3.05) is 12.4 Å². The third kappa shape index (κ3) is 4.61. The standard InChI is InChI=1S/C22H17F4N5O2/c1-33-21-16(22(24,25)26)7-13(9-30-21)31-19(32)5-11-2-3-14(17(23)4-11)12-6-15-18(28-8-12)10-29-20(15)27/h2-4,6-9H,5,10H2,1H3,(H2,27,29)(H,31,32). The Morgan fingerprint density at radius 2 is 1.94 bits per heavy atom. The Morgan fingerprint density at radius 3 is 2.64 bits per heavy atom. The number of methoxy groups -OCH3 is 1. The molecule has 170 valence electrons. The number of pyridine rings is 2. The lowest BCUT2D eigenvalue weighted by molar-refractivity contribution is -0.139. The molecule has 0 atom stereocenters. The molecule has 3 N–H and O–H groups in total. The lowest BCUT2D eigenvalue weighted by atomic mass is 10.0. The summed E-state index contributed by atoms with van der Waals surface area (Å²) in [5.41, 5.74) is 7.02. The molecule has 11 heteroatoms. The van der Waals surface area contributed by atoms with E-state index in [9.17, 15) is 22.4 Å². The Kier molecular flexibility index (Phi) is 5.71. The normalized spacial score (nSPS) is 12.8. The van der Waals surface area contributed by atoms with E-state index in [0.717, 1.165) is 19.4 Å². The van der Waals surface area contributed by atoms with E-state index >= 15 is 0 Å². The number of rotatable bonds is 5. The number of ether oxygens (including phenoxy) is 1. The van der Waals surface area contributed by atoms with Crippen molar-refractivity contribution in [3.63, 3.8) is 0 Å². The van der Waals surface area contributed by atoms with E-state index in [1.54, 1.807) is 12.1 Å². The summed E-state index contributed by atoms with van der Waals surface area (Å²) in [6, 6.07) is 6.67. The van der Waals surface area contributed by atoms with Crippen LogP contribution in [0.1, 0.15) is 22.4 Å². The van der Waals surface area contributed by atoms with Gasteiger partial charge in [-0.1, -0.05) is 12.1 Å². The van der Waals surface area contributed by atoms with E-state index in [0.29, 0.717) is 34.8 Å². The minimum Gasteiger partial charge on any atom is -0.481 e. The van der Waals surface area contributed by atoms with Gasteiger partial charge in [-0.2, -0.15) is 13.2 Å². The molecule has 1 amide bonds. The fourth-order valence-corrected chi connectivity index (χ4v) is 3.41. The van der Waals surface area contributed by atoms with Gasteiger partial charge in [0.2, 0.25) is 11.8 Å². The molecule has 0 bridgehead atoms. The highest BCUT2D eigenvalue weighted by Crippen LogP contribution is 2.36. The van der Waals surface area contributed by atoms with Gasteiger partial charge >= 0.3 is 6.18 Å². The highest BCUT2D eigenvalue weighted by molar-refractivity contribution is 6.01. The zero-order valence-corrected chi connectivity index (χ0v) is 17.2. The molecule has 33 heavy (non-hydrogen) atoms. The smallest absolute Gasteiger partial charge is 0.421 e. The van der Waals surface area contributed by atoms with Gasteiger partial charge in [0.1, 0.15) is 17.2 Å². The number of aromatic nitrogens is 2. The van der Waals surface area contributed by atoms with Crippen LogP contribution >= 0.6 is 0 Å². The topological polar surface area (TPSA) is 102 Å². The summed E-state index contributed by atoms with van der Waals surface area (Å²) in [5, 5.41) is 2.34. The quantitative estimate of drug-likeness (QED) is 0.567. The number of benzene rings is 1. The summed E-state index contributed by atoms with van der Waals surface area (Å²) in [6.07, 6.45) is -2.40. The van der Waals surface area contributed by atoms with Crippen LogP contribution in [-0.4, -0.2) is 28.8 Å². The van der Waals surface area contributed by atoms with Crippen LogP contribution in [-0.2, 0) is 23.9 Å². The Hall–Kier alpha value is -4.02. The molecule has 7 nitrogen and oxygen atoms in total. The van der Waals surface area contributed by atoms with E-state index in [2.05, 4.69) is 25.0 Å². The maximum atomic E-state index is 14.8. The van der Waals surface area contributed by atoms with Gasteiger partial charge < -0.3 is 15.8 Å². The van der Waals surface area contributed by atoms with Crippen LogP contribution in [0.2, 0.25) is 0 Å². The van der Waals surface area contributed by atoms with Gasteiger partial charge in [-0.3, -0.25) is 14.8 Å². The van der Waals surface area contributed by atoms with Crippen molar-refractivity contribution in [2.24, 2.45) is 10.7 Å². The Balaban J connectivity index is 1.49. The SMILES string of the molecule is COc1ncc(NC(=O)Cc2ccc(-c3cnc4c(c3)C(N)=NC4)c(F)c2)cc1C(F)(F)F. The average Bonchev–Trinajstić information content (AvgIpc) is 3.13. The average molecular weight is 459 g/mol. The van der Waals surface area contributed by atoms with Crippen molar-refractivity contribution in [1.82, 2.24) is 9.97 Å². The zero-order chi connectivity index (χ0) is 23.8. The summed E-state index contributed by atoms with van der Waals surface area (Å²) >= 11 is 0. The molecule has 1 aliphatic heterocycles. The molecule has 3 heterocycles. The van der Waals surface area contributed by atoms with Crippen LogP contribution in [0.4, 0.5) is 23.2 Å². The van der Waals surface area contributed by atoms with E-state index in [4.69, 9.17) is 5.73 Å². The number of carbonyl (C=O) groups is 1. The number of nitrogens with two attached hydrogens (primary N) is 1. The second kappa shape index (κ2) is 8.49. The number of amidine groups is 1. The molecule has 0 fully saturated rings. The second-order valence-electron chi connectivity index (χ2n) is 7.24. The first kappa shape index (κ1) is 22.2. The molecule has 0 unspecified atom stereocenters. The maximum Gasteiger partial charge on any atom is 0.421 e. The van der Waals surface area contributed by atoms with E-state index in [1.807, 2.05) is 0 Å². The monoisotopic (exact) mass is 459 g/mol. The Bertz CT molecular complexity index is 1270. The lowest BCUT2D eigenvalue weighted by Gasteiger charge is -2.13. The molecule has 3 aromatic rings. The molecule has 1 aromatic carbocycles. The first-order valence-corrected chi connectivity index (χ1v) is 9.65. The highest BCUT2D eigenvalue weighted by Gasteiger charge is 2.35. The number of nitrogens with one attached hydrogen (secondary N) is 1. The van der Waals surface area contributed by atoms with E-state index < -0.39 is 29.3 Å². The van der Waals surface area contributed by atoms with Crippen LogP contribution in [0, 0.1) is 5.82 Å². The number of hydrogen-bond acceptors (Lipinski definition) is 6. The van der Waals surface area contributed by atoms with Gasteiger partial charge in [0.25, 0.3) is 0 Å². The number of alkyl halides is 3. The van der Waals surface area contributed by atoms with Gasteiger partial charge in [0.15, 0.2) is 0 Å². The van der Waals surface area contributed by atoms with Crippen molar-refractivity contribution in [3.05, 3.63) is 70.9 Å². The number of aliphatic imine (C=N–C) groups is 1. The largest absolute Gasteiger partial charge is 0.481 e. The molecule has 0 saturated carbocycles. The minimum atomic E-state index is -4.71. The molecular formula is C22H17F4N5O2. The van der Waals surface area contributed by atoms with Crippen molar-refractivity contribution in [2.45, 2.75) is 19.1 Å². The molecular weight excluding hydrogens is 442 g/mol. The van der Waals surface area contributed by atoms with Crippen molar-refractivity contribution in [3.8, 4) is 17.0 Å². The van der Waals surface area contributed by atoms with Crippen LogP contribution in [0.5, 0.6) is 5.88 Å². The van der Waals surface area contributed by atoms with Gasteiger partial charge in [0.05, 0.1) is 37.7 Å². The fourth-order valence-electron chi connectivity index (χ4n) is 3.41. The van der Waals surface area contributed by atoms with Crippen molar-refractivity contribution < 1.29 is 27.1 Å². The maximum absolute atomic E-state index is 14.8. The van der Waals surface area contributed by atoms with E-state index in [-0.39, 0.29) is 17.7 Å². The van der Waals surface area contributed by atoms with E-state index in [1.165, 1.54) is 18.3 Å². The highest BCUT2D eigenvalue weighted by atomic mass is 19.4. The number of amides is 1. The number of anilines is 1. The lowest BCUT2D eigenvalue weighted by Crippen LogP contribution is -2.16. The molecule has 0 saturated heterocycles. The molecule has 0 aliphatic carbocycles. The van der Waals surface area contributed by atoms with Crippen LogP contribution in [0.15, 0.2) is 47.7 Å². The summed E-state index contributed by atoms with van der Waals surface area (Å²) < 4.78 is 58.7. The van der Waals surface area contributed by atoms with Gasteiger partial charge in [-0.05, 0) is 23.8 Å². The van der Waals surface area contributed by atoms with Gasteiger partial charge in [-0.25, -0.2) is 9.37 Å². The predicted molar refractivity (Wildman–Crippen MR) is 112 cm³/mol. The van der Waals surface area contributed by atoms with Gasteiger partial charge in [-0.15, -0.1) is 0 Å². The number of carbonyl (C=O) groups excluding carboxylic acids is 1. The fraction of sp³-hybridized carbons (Fsp3) is 0.182. The number of nitrogens with zero attached hydrogens (tertiary/aromatic N) is 3. The summed E-state index contributed by atoms with van der Waals surface area (Å²) in [5.74, 6) is -1.48. The molecule has 1 aliphatic rings. The summed E-state index contributed by atoms with van der Waals surface area (Å²) in [6.45, 7) is 0.381. The minimum absolute atomic E-state index is 0.159. The zero-order valence-electron chi connectivity index (χ0n) is 17.2.